The van der Waals surface area contributed by atoms with Crippen LogP contribution in [0.5, 0.6) is 0 Å². The summed E-state index contributed by atoms with van der Waals surface area (Å²) < 4.78 is 68.6. The summed E-state index contributed by atoms with van der Waals surface area (Å²) in [5, 5.41) is 10.6. The third kappa shape index (κ3) is 70.5. The topological polar surface area (TPSA) is 237 Å². The molecule has 3 N–H and O–H groups in total. The number of phosphoric acid groups is 2. The van der Waals surface area contributed by atoms with E-state index in [1.54, 1.807) is 0 Å². The van der Waals surface area contributed by atoms with Gasteiger partial charge in [0, 0.05) is 25.7 Å². The number of aliphatic hydroxyl groups excluding tert-OH is 1. The molecule has 0 aliphatic heterocycles. The number of ether oxygens (including phenoxy) is 4. The van der Waals surface area contributed by atoms with Crippen LogP contribution in [0.25, 0.3) is 0 Å². The summed E-state index contributed by atoms with van der Waals surface area (Å²) >= 11 is 0. The van der Waals surface area contributed by atoms with E-state index < -0.39 is 97.5 Å². The second-order valence-corrected chi connectivity index (χ2v) is 32.6. The molecule has 19 heteroatoms. The predicted octanol–water partition coefficient (Wildman–Crippen LogP) is 22.4. The second kappa shape index (κ2) is 66.3. The van der Waals surface area contributed by atoms with Crippen LogP contribution in [-0.2, 0) is 65.4 Å². The maximum absolute atomic E-state index is 13.1. The summed E-state index contributed by atoms with van der Waals surface area (Å²) in [6.07, 6.45) is 51.2. The normalized spacial score (nSPS) is 14.1. The van der Waals surface area contributed by atoms with Crippen molar-refractivity contribution in [3.8, 4) is 0 Å². The Morgan fingerprint density at radius 3 is 0.646 bits per heavy atom. The van der Waals surface area contributed by atoms with Crippen molar-refractivity contribution < 1.29 is 80.2 Å². The van der Waals surface area contributed by atoms with Crippen LogP contribution in [0.3, 0.4) is 0 Å². The Hall–Kier alpha value is -1.94. The number of unbranched alkanes of at least 4 members (excludes halogenated alkanes) is 40. The highest BCUT2D eigenvalue weighted by atomic mass is 31.2. The van der Waals surface area contributed by atoms with Gasteiger partial charge in [-0.25, -0.2) is 9.13 Å². The number of rotatable bonds is 74. The number of carbonyl (C=O) groups excluding carboxylic acids is 4. The Balaban J connectivity index is 5.28. The summed E-state index contributed by atoms with van der Waals surface area (Å²) in [5.41, 5.74) is 0. The molecule has 570 valence electrons. The molecule has 0 heterocycles. The molecule has 96 heavy (non-hydrogen) atoms. The third-order valence-corrected chi connectivity index (χ3v) is 19.7. The molecule has 0 spiro atoms. The van der Waals surface area contributed by atoms with Gasteiger partial charge < -0.3 is 33.8 Å². The van der Waals surface area contributed by atoms with Gasteiger partial charge in [0.25, 0.3) is 0 Å². The fourth-order valence-corrected chi connectivity index (χ4v) is 13.3. The molecule has 0 rings (SSSR count). The molecule has 0 aliphatic rings. The third-order valence-electron chi connectivity index (χ3n) is 17.8. The smallest absolute Gasteiger partial charge is 0.462 e. The van der Waals surface area contributed by atoms with E-state index in [2.05, 4.69) is 55.4 Å². The molecule has 0 aromatic carbocycles. The zero-order chi connectivity index (χ0) is 71.0. The summed E-state index contributed by atoms with van der Waals surface area (Å²) in [6, 6.07) is 0. The molecule has 0 saturated carbocycles. The van der Waals surface area contributed by atoms with Gasteiger partial charge in [-0.15, -0.1) is 0 Å². The molecular weight excluding hydrogens is 1260 g/mol. The van der Waals surface area contributed by atoms with Crippen LogP contribution >= 0.6 is 15.6 Å². The minimum Gasteiger partial charge on any atom is -0.462 e. The Labute approximate surface area is 588 Å². The Bertz CT molecular complexity index is 1880. The van der Waals surface area contributed by atoms with E-state index >= 15 is 0 Å². The van der Waals surface area contributed by atoms with E-state index in [9.17, 15) is 43.2 Å². The van der Waals surface area contributed by atoms with E-state index in [0.29, 0.717) is 25.7 Å². The first kappa shape index (κ1) is 94.1. The fourth-order valence-electron chi connectivity index (χ4n) is 11.7. The lowest BCUT2D eigenvalue weighted by Crippen LogP contribution is -2.30. The molecule has 5 atom stereocenters. The monoisotopic (exact) mass is 1410 g/mol. The first-order valence-corrected chi connectivity index (χ1v) is 42.7. The summed E-state index contributed by atoms with van der Waals surface area (Å²) in [4.78, 5) is 72.9. The molecular formula is C77H150O17P2. The molecule has 2 unspecified atom stereocenters. The van der Waals surface area contributed by atoms with Crippen molar-refractivity contribution in [3.63, 3.8) is 0 Å². The number of hydrogen-bond acceptors (Lipinski definition) is 15. The average molecular weight is 1410 g/mol. The number of phosphoric ester groups is 2. The molecule has 0 radical (unpaired) electrons. The van der Waals surface area contributed by atoms with Crippen molar-refractivity contribution in [3.05, 3.63) is 0 Å². The molecule has 0 saturated heterocycles. The Morgan fingerprint density at radius 2 is 0.438 bits per heavy atom. The van der Waals surface area contributed by atoms with Crippen LogP contribution in [0.2, 0.25) is 0 Å². The van der Waals surface area contributed by atoms with Crippen LogP contribution in [0.1, 0.15) is 389 Å². The van der Waals surface area contributed by atoms with Crippen molar-refractivity contribution in [1.82, 2.24) is 0 Å². The van der Waals surface area contributed by atoms with Gasteiger partial charge in [0.05, 0.1) is 26.4 Å². The Morgan fingerprint density at radius 1 is 0.260 bits per heavy atom. The van der Waals surface area contributed by atoms with Crippen molar-refractivity contribution in [2.24, 2.45) is 23.7 Å². The van der Waals surface area contributed by atoms with Gasteiger partial charge in [0.15, 0.2) is 12.2 Å². The van der Waals surface area contributed by atoms with Crippen LogP contribution in [0.15, 0.2) is 0 Å². The minimum absolute atomic E-state index is 0.106. The quantitative estimate of drug-likeness (QED) is 0.0222. The highest BCUT2D eigenvalue weighted by Crippen LogP contribution is 2.45. The Kier molecular flexibility index (Phi) is 65.0. The summed E-state index contributed by atoms with van der Waals surface area (Å²) in [5.74, 6) is 0.949. The van der Waals surface area contributed by atoms with E-state index in [0.717, 1.165) is 114 Å². The standard InChI is InChI=1S/C77H150O17P2/c1-67(2)53-45-37-29-21-14-9-11-17-25-33-41-49-57-74(79)87-63-72(93-76(81)59-51-43-35-26-18-12-10-15-22-30-38-46-54-68(3)4)65-91-95(83,84)89-61-71(78)62-90-96(85,86)92-66-73(64-88-75(80)58-50-42-34-28-20-24-32-40-48-56-70(7)8)94-77(82)60-52-44-36-27-19-13-16-23-31-39-47-55-69(5)6/h67-73,78H,9-66H2,1-8H3,(H,83,84)(H,85,86)/t71-,72-,73-/m1/s1. The van der Waals surface area contributed by atoms with Crippen molar-refractivity contribution in [2.75, 3.05) is 39.6 Å². The molecule has 0 aromatic rings. The maximum Gasteiger partial charge on any atom is 0.472 e. The van der Waals surface area contributed by atoms with Crippen LogP contribution in [0.4, 0.5) is 0 Å². The van der Waals surface area contributed by atoms with Crippen molar-refractivity contribution >= 4 is 39.5 Å². The summed E-state index contributed by atoms with van der Waals surface area (Å²) in [7, 11) is -9.92. The predicted molar refractivity (Wildman–Crippen MR) is 391 cm³/mol. The number of aliphatic hydroxyl groups is 1. The summed E-state index contributed by atoms with van der Waals surface area (Å²) in [6.45, 7) is 14.2. The number of esters is 4. The number of carbonyl (C=O) groups is 4. The minimum atomic E-state index is -4.96. The van der Waals surface area contributed by atoms with Gasteiger partial charge in [-0.05, 0) is 49.4 Å². The largest absolute Gasteiger partial charge is 0.472 e. The van der Waals surface area contributed by atoms with E-state index in [1.807, 2.05) is 0 Å². The molecule has 0 bridgehead atoms. The van der Waals surface area contributed by atoms with E-state index in [-0.39, 0.29) is 25.7 Å². The highest BCUT2D eigenvalue weighted by Gasteiger charge is 2.30. The highest BCUT2D eigenvalue weighted by molar-refractivity contribution is 7.47. The second-order valence-electron chi connectivity index (χ2n) is 29.7. The lowest BCUT2D eigenvalue weighted by atomic mass is 10.0. The van der Waals surface area contributed by atoms with Gasteiger partial charge in [0.1, 0.15) is 19.3 Å². The fraction of sp³-hybridized carbons (Fsp3) is 0.948. The number of hydrogen-bond donors (Lipinski definition) is 3. The maximum atomic E-state index is 13.1. The lowest BCUT2D eigenvalue weighted by molar-refractivity contribution is -0.161. The van der Waals surface area contributed by atoms with Crippen LogP contribution in [-0.4, -0.2) is 96.7 Å². The SMILES string of the molecule is CC(C)CCCCCCCCCCCCCCC(=O)OC[C@H](COP(=O)(O)OC[C@@H](O)COP(=O)(O)OC[C@@H](COC(=O)CCCCCCCCCCCC(C)C)OC(=O)CCCCCCCCCCCCCC(C)C)OC(=O)CCCCCCCCCCCCCCC(C)C. The van der Waals surface area contributed by atoms with Crippen molar-refractivity contribution in [1.29, 1.82) is 0 Å². The first-order valence-electron chi connectivity index (χ1n) is 39.7. The lowest BCUT2D eigenvalue weighted by Gasteiger charge is -2.21. The average Bonchev–Trinajstić information content (AvgIpc) is 1.09. The van der Waals surface area contributed by atoms with Gasteiger partial charge in [0.2, 0.25) is 0 Å². The molecule has 17 nitrogen and oxygen atoms in total. The van der Waals surface area contributed by atoms with Crippen molar-refractivity contribution in [2.45, 2.75) is 408 Å². The zero-order valence-corrected chi connectivity index (χ0v) is 64.8. The zero-order valence-electron chi connectivity index (χ0n) is 63.0. The van der Waals surface area contributed by atoms with Crippen LogP contribution < -0.4 is 0 Å². The van der Waals surface area contributed by atoms with E-state index in [1.165, 1.54) is 193 Å². The molecule has 0 aliphatic carbocycles. The molecule has 0 amide bonds. The van der Waals surface area contributed by atoms with E-state index in [4.69, 9.17) is 37.0 Å². The molecule has 0 fully saturated rings. The van der Waals surface area contributed by atoms with Gasteiger partial charge in [-0.3, -0.25) is 37.3 Å². The van der Waals surface area contributed by atoms with Gasteiger partial charge >= 0.3 is 39.5 Å². The first-order chi connectivity index (χ1) is 46.1. The van der Waals surface area contributed by atoms with Gasteiger partial charge in [-0.1, -0.05) is 338 Å². The molecule has 0 aromatic heterocycles. The van der Waals surface area contributed by atoms with Gasteiger partial charge in [-0.2, -0.15) is 0 Å². The van der Waals surface area contributed by atoms with Crippen LogP contribution in [0, 0.1) is 23.7 Å².